The van der Waals surface area contributed by atoms with E-state index < -0.39 is 0 Å². The summed E-state index contributed by atoms with van der Waals surface area (Å²) in [6, 6.07) is 7.38. The molecule has 0 aliphatic rings. The summed E-state index contributed by atoms with van der Waals surface area (Å²) in [5.41, 5.74) is 6.17. The van der Waals surface area contributed by atoms with Crippen molar-refractivity contribution in [3.05, 3.63) is 29.8 Å². The summed E-state index contributed by atoms with van der Waals surface area (Å²) in [5.74, 6) is 0.670. The smallest absolute Gasteiger partial charge is 0.185 e. The Hall–Kier alpha value is -1.78. The zero-order valence-corrected chi connectivity index (χ0v) is 9.00. The van der Waals surface area contributed by atoms with Gasteiger partial charge < -0.3 is 15.8 Å². The van der Waals surface area contributed by atoms with Gasteiger partial charge in [-0.1, -0.05) is 12.1 Å². The van der Waals surface area contributed by atoms with Crippen LogP contribution in [-0.2, 0) is 6.54 Å². The molecular weight excluding hydrogens is 209 g/mol. The molecule has 0 aliphatic heterocycles. The van der Waals surface area contributed by atoms with Gasteiger partial charge in [0.1, 0.15) is 5.75 Å². The van der Waals surface area contributed by atoms with Gasteiger partial charge in [0.15, 0.2) is 5.96 Å². The van der Waals surface area contributed by atoms with Crippen molar-refractivity contribution in [2.45, 2.75) is 13.0 Å². The van der Waals surface area contributed by atoms with Crippen LogP contribution in [-0.4, -0.2) is 19.2 Å². The number of benzene rings is 1. The lowest BCUT2D eigenvalue weighted by molar-refractivity contribution is 0.289. The van der Waals surface area contributed by atoms with Crippen molar-refractivity contribution in [2.75, 3.05) is 13.3 Å². The first-order valence-electron chi connectivity index (χ1n) is 5.08. The number of guanidine groups is 1. The van der Waals surface area contributed by atoms with Gasteiger partial charge in [0, 0.05) is 13.0 Å². The van der Waals surface area contributed by atoms with E-state index in [1.807, 2.05) is 24.3 Å². The number of nitrogens with one attached hydrogen (secondary N) is 2. The minimum Gasteiger partial charge on any atom is -0.494 e. The molecule has 1 aromatic rings. The highest BCUT2D eigenvalue weighted by atomic mass is 19.1. The number of hydrogen-bond acceptors (Lipinski definition) is 2. The molecule has 0 atom stereocenters. The first kappa shape index (κ1) is 12.3. The molecule has 0 aliphatic carbocycles. The van der Waals surface area contributed by atoms with Gasteiger partial charge in [0.2, 0.25) is 0 Å². The molecule has 0 saturated carbocycles. The summed E-state index contributed by atoms with van der Waals surface area (Å²) in [7, 11) is 0. The number of ether oxygens (including phenoxy) is 1. The molecule has 88 valence electrons. The minimum absolute atomic E-state index is 0.0525. The van der Waals surface area contributed by atoms with Gasteiger partial charge in [-0.25, -0.2) is 0 Å². The van der Waals surface area contributed by atoms with Gasteiger partial charge in [-0.15, -0.1) is 0 Å². The molecule has 0 fully saturated rings. The zero-order valence-electron chi connectivity index (χ0n) is 9.00. The molecule has 1 rings (SSSR count). The molecule has 1 aromatic carbocycles. The van der Waals surface area contributed by atoms with Crippen molar-refractivity contribution < 1.29 is 9.13 Å². The molecule has 4 N–H and O–H groups in total. The van der Waals surface area contributed by atoms with Crippen LogP contribution in [0.4, 0.5) is 4.39 Å². The van der Waals surface area contributed by atoms with Crippen molar-refractivity contribution in [1.29, 1.82) is 5.41 Å². The van der Waals surface area contributed by atoms with Gasteiger partial charge in [0.05, 0.1) is 13.3 Å². The number of alkyl halides is 1. The fourth-order valence-electron chi connectivity index (χ4n) is 1.15. The summed E-state index contributed by atoms with van der Waals surface area (Å²) in [5, 5.41) is 9.71. The van der Waals surface area contributed by atoms with E-state index in [1.54, 1.807) is 0 Å². The average molecular weight is 225 g/mol. The second kappa shape index (κ2) is 6.66. The lowest BCUT2D eigenvalue weighted by atomic mass is 10.2. The van der Waals surface area contributed by atoms with Gasteiger partial charge in [-0.2, -0.15) is 0 Å². The molecule has 0 spiro atoms. The van der Waals surface area contributed by atoms with E-state index in [9.17, 15) is 4.39 Å². The van der Waals surface area contributed by atoms with E-state index in [2.05, 4.69) is 5.32 Å². The second-order valence-electron chi connectivity index (χ2n) is 3.30. The zero-order chi connectivity index (χ0) is 11.8. The van der Waals surface area contributed by atoms with Crippen LogP contribution in [0.1, 0.15) is 12.0 Å². The summed E-state index contributed by atoms with van der Waals surface area (Å²) >= 11 is 0. The number of rotatable bonds is 6. The normalized spacial score (nSPS) is 9.81. The predicted octanol–water partition coefficient (Wildman–Crippen LogP) is 1.41. The topological polar surface area (TPSA) is 71.1 Å². The van der Waals surface area contributed by atoms with Crippen molar-refractivity contribution in [2.24, 2.45) is 5.73 Å². The summed E-state index contributed by atoms with van der Waals surface area (Å²) in [6.07, 6.45) is 0.410. The summed E-state index contributed by atoms with van der Waals surface area (Å²) in [6.45, 7) is 0.544. The monoisotopic (exact) mass is 225 g/mol. The van der Waals surface area contributed by atoms with Gasteiger partial charge in [-0.05, 0) is 17.7 Å². The third-order valence-corrected chi connectivity index (χ3v) is 1.95. The highest BCUT2D eigenvalue weighted by molar-refractivity contribution is 5.74. The quantitative estimate of drug-likeness (QED) is 0.389. The van der Waals surface area contributed by atoms with E-state index in [0.29, 0.717) is 19.6 Å². The molecule has 0 radical (unpaired) electrons. The van der Waals surface area contributed by atoms with Crippen LogP contribution in [0.5, 0.6) is 5.75 Å². The average Bonchev–Trinajstić information content (AvgIpc) is 2.28. The highest BCUT2D eigenvalue weighted by Gasteiger charge is 1.96. The fraction of sp³-hybridized carbons (Fsp3) is 0.364. The maximum atomic E-state index is 11.8. The predicted molar refractivity (Wildman–Crippen MR) is 61.3 cm³/mol. The first-order valence-corrected chi connectivity index (χ1v) is 5.08. The van der Waals surface area contributed by atoms with E-state index in [1.165, 1.54) is 0 Å². The van der Waals surface area contributed by atoms with Gasteiger partial charge in [-0.3, -0.25) is 9.80 Å². The van der Waals surface area contributed by atoms with Crippen molar-refractivity contribution in [3.8, 4) is 5.75 Å². The standard InChI is InChI=1S/C11H16FN3O/c12-6-1-7-16-10-4-2-9(3-5-10)8-15-11(13)14/h2-5H,1,6-8H2,(H4,13,14,15). The maximum absolute atomic E-state index is 11.8. The van der Waals surface area contributed by atoms with Crippen LogP contribution < -0.4 is 15.8 Å². The Morgan fingerprint density at radius 3 is 2.62 bits per heavy atom. The molecule has 0 aromatic heterocycles. The first-order chi connectivity index (χ1) is 7.72. The molecule has 0 unspecified atom stereocenters. The van der Waals surface area contributed by atoms with Gasteiger partial charge >= 0.3 is 0 Å². The largest absolute Gasteiger partial charge is 0.494 e. The van der Waals surface area contributed by atoms with E-state index in [4.69, 9.17) is 15.9 Å². The van der Waals surface area contributed by atoms with Crippen LogP contribution in [0.2, 0.25) is 0 Å². The van der Waals surface area contributed by atoms with Crippen molar-refractivity contribution in [1.82, 2.24) is 5.32 Å². The third kappa shape index (κ3) is 4.63. The van der Waals surface area contributed by atoms with Crippen LogP contribution in [0.15, 0.2) is 24.3 Å². The molecule has 5 heteroatoms. The van der Waals surface area contributed by atoms with Crippen LogP contribution in [0, 0.1) is 5.41 Å². The SMILES string of the molecule is N=C(N)NCc1ccc(OCCCF)cc1. The Morgan fingerprint density at radius 1 is 1.38 bits per heavy atom. The number of hydrogen-bond donors (Lipinski definition) is 3. The molecular formula is C11H16FN3O. The lowest BCUT2D eigenvalue weighted by Gasteiger charge is -2.07. The van der Waals surface area contributed by atoms with E-state index in [-0.39, 0.29) is 12.6 Å². The third-order valence-electron chi connectivity index (χ3n) is 1.95. The number of halogens is 1. The van der Waals surface area contributed by atoms with Gasteiger partial charge in [0.25, 0.3) is 0 Å². The lowest BCUT2D eigenvalue weighted by Crippen LogP contribution is -2.29. The van der Waals surface area contributed by atoms with E-state index in [0.717, 1.165) is 11.3 Å². The van der Waals surface area contributed by atoms with Crippen molar-refractivity contribution in [3.63, 3.8) is 0 Å². The summed E-state index contributed by atoms with van der Waals surface area (Å²) < 4.78 is 17.1. The summed E-state index contributed by atoms with van der Waals surface area (Å²) in [4.78, 5) is 0. The second-order valence-corrected chi connectivity index (χ2v) is 3.30. The maximum Gasteiger partial charge on any atom is 0.185 e. The fourth-order valence-corrected chi connectivity index (χ4v) is 1.15. The molecule has 0 heterocycles. The van der Waals surface area contributed by atoms with Crippen LogP contribution in [0.25, 0.3) is 0 Å². The Morgan fingerprint density at radius 2 is 2.06 bits per heavy atom. The van der Waals surface area contributed by atoms with Crippen LogP contribution in [0.3, 0.4) is 0 Å². The molecule has 4 nitrogen and oxygen atoms in total. The number of nitrogens with two attached hydrogens (primary N) is 1. The van der Waals surface area contributed by atoms with Crippen molar-refractivity contribution >= 4 is 5.96 Å². The Labute approximate surface area is 94.1 Å². The van der Waals surface area contributed by atoms with E-state index >= 15 is 0 Å². The molecule has 0 bridgehead atoms. The Balaban J connectivity index is 2.38. The Kier molecular flexibility index (Phi) is 5.11. The molecule has 0 amide bonds. The highest BCUT2D eigenvalue weighted by Crippen LogP contribution is 2.12. The molecule has 16 heavy (non-hydrogen) atoms. The van der Waals surface area contributed by atoms with Crippen LogP contribution >= 0.6 is 0 Å². The minimum atomic E-state index is -0.361. The Bertz CT molecular complexity index is 327. The molecule has 0 saturated heterocycles.